The number of rotatable bonds is 11. The second-order valence-electron chi connectivity index (χ2n) is 11.1. The first-order chi connectivity index (χ1) is 22.9. The van der Waals surface area contributed by atoms with Crippen LogP contribution in [0.15, 0.2) is 42.7 Å². The number of ether oxygens (including phenoxy) is 3. The van der Waals surface area contributed by atoms with Gasteiger partial charge in [-0.2, -0.15) is 26.3 Å². The van der Waals surface area contributed by atoms with Gasteiger partial charge in [0.25, 0.3) is 0 Å². The molecule has 1 amide bonds. The zero-order valence-corrected chi connectivity index (χ0v) is 26.7. The van der Waals surface area contributed by atoms with Gasteiger partial charge in [-0.15, -0.1) is 0 Å². The molecule has 0 bridgehead atoms. The number of carbonyl (C=O) groups excluding carboxylic acids is 1. The number of nitrogens with one attached hydrogen (secondary N) is 1. The first-order valence-corrected chi connectivity index (χ1v) is 14.9. The summed E-state index contributed by atoms with van der Waals surface area (Å²) in [6, 6.07) is 1.25. The molecule has 49 heavy (non-hydrogen) atoms. The van der Waals surface area contributed by atoms with Crippen molar-refractivity contribution < 1.29 is 55.2 Å². The van der Waals surface area contributed by atoms with Crippen molar-refractivity contribution in [3.05, 3.63) is 76.5 Å². The summed E-state index contributed by atoms with van der Waals surface area (Å²) in [7, 11) is 2.42. The highest BCUT2D eigenvalue weighted by atomic mass is 19.4. The van der Waals surface area contributed by atoms with Gasteiger partial charge in [-0.25, -0.2) is 24.5 Å². The van der Waals surface area contributed by atoms with E-state index in [9.17, 15) is 41.0 Å². The summed E-state index contributed by atoms with van der Waals surface area (Å²) in [5.41, 5.74) is 0.682. The molecule has 0 aliphatic carbocycles. The lowest BCUT2D eigenvalue weighted by Gasteiger charge is -2.40. The van der Waals surface area contributed by atoms with E-state index in [2.05, 4.69) is 20.3 Å². The Labute approximate surface area is 276 Å². The Morgan fingerprint density at radius 2 is 1.65 bits per heavy atom. The number of fused-ring (bicyclic) bond motifs is 1. The van der Waals surface area contributed by atoms with Crippen molar-refractivity contribution in [3.8, 4) is 5.88 Å². The Morgan fingerprint density at radius 1 is 1.04 bits per heavy atom. The SMILES string of the molecule is CCOC(=O)N1c2ccc(OC)nc2[C@@H](NC(c2cc(C(F)(F)F)cc(C(F)(F)F)c2)c2ncc(CC(N)(OC)C(=O)O)cn2)C[C@H]1CC. The molecular weight excluding hydrogens is 666 g/mol. The predicted molar refractivity (Wildman–Crippen MR) is 160 cm³/mol. The number of methoxy groups -OCH3 is 2. The van der Waals surface area contributed by atoms with Crippen LogP contribution in [0.3, 0.4) is 0 Å². The fourth-order valence-corrected chi connectivity index (χ4v) is 5.46. The second kappa shape index (κ2) is 14.5. The lowest BCUT2D eigenvalue weighted by molar-refractivity contribution is -0.161. The summed E-state index contributed by atoms with van der Waals surface area (Å²) in [6.45, 7) is 3.50. The predicted octanol–water partition coefficient (Wildman–Crippen LogP) is 5.41. The van der Waals surface area contributed by atoms with Gasteiger partial charge in [0.05, 0.1) is 48.3 Å². The number of hydrogen-bond acceptors (Lipinski definition) is 10. The minimum absolute atomic E-state index is 0.00859. The Hall–Kier alpha value is -4.55. The van der Waals surface area contributed by atoms with E-state index < -0.39 is 71.4 Å². The molecule has 12 nitrogen and oxygen atoms in total. The maximum atomic E-state index is 14.0. The van der Waals surface area contributed by atoms with Crippen LogP contribution < -0.4 is 20.7 Å². The minimum atomic E-state index is -5.15. The zero-order valence-electron chi connectivity index (χ0n) is 26.7. The molecule has 1 aromatic carbocycles. The number of nitrogens with two attached hydrogens (primary N) is 1. The van der Waals surface area contributed by atoms with Crippen LogP contribution in [0.25, 0.3) is 0 Å². The van der Waals surface area contributed by atoms with Crippen molar-refractivity contribution in [1.82, 2.24) is 20.3 Å². The summed E-state index contributed by atoms with van der Waals surface area (Å²) in [5.74, 6) is -1.62. The van der Waals surface area contributed by atoms with E-state index in [1.165, 1.54) is 18.1 Å². The van der Waals surface area contributed by atoms with Crippen molar-refractivity contribution in [2.75, 3.05) is 25.7 Å². The van der Waals surface area contributed by atoms with E-state index in [1.54, 1.807) is 19.9 Å². The Kier molecular flexibility index (Phi) is 11.0. The third-order valence-electron chi connectivity index (χ3n) is 7.97. The summed E-state index contributed by atoms with van der Waals surface area (Å²) in [6.07, 6.45) is -8.59. The number of carbonyl (C=O) groups is 2. The molecule has 0 radical (unpaired) electrons. The normalized spacial score (nSPS) is 18.3. The van der Waals surface area contributed by atoms with E-state index in [0.717, 1.165) is 19.5 Å². The molecule has 3 heterocycles. The van der Waals surface area contributed by atoms with E-state index in [0.29, 0.717) is 18.6 Å². The molecule has 266 valence electrons. The lowest BCUT2D eigenvalue weighted by Crippen LogP contribution is -2.51. The molecule has 1 aliphatic heterocycles. The summed E-state index contributed by atoms with van der Waals surface area (Å²) < 4.78 is 99.2. The number of aliphatic carboxylic acids is 1. The monoisotopic (exact) mass is 700 g/mol. The van der Waals surface area contributed by atoms with Crippen molar-refractivity contribution in [3.63, 3.8) is 0 Å². The maximum absolute atomic E-state index is 14.0. The van der Waals surface area contributed by atoms with E-state index in [1.807, 2.05) is 0 Å². The molecule has 18 heteroatoms. The number of pyridine rings is 1. The number of hydrogen-bond donors (Lipinski definition) is 3. The van der Waals surface area contributed by atoms with Crippen molar-refractivity contribution in [2.24, 2.45) is 5.73 Å². The third-order valence-corrected chi connectivity index (χ3v) is 7.97. The number of aromatic nitrogens is 3. The van der Waals surface area contributed by atoms with Gasteiger partial charge < -0.3 is 19.3 Å². The maximum Gasteiger partial charge on any atom is 0.416 e. The molecule has 3 aromatic rings. The van der Waals surface area contributed by atoms with E-state index >= 15 is 0 Å². The fourth-order valence-electron chi connectivity index (χ4n) is 5.46. The number of benzene rings is 1. The molecule has 2 aromatic heterocycles. The number of amides is 1. The molecule has 4 rings (SSSR count). The fraction of sp³-hybridized carbons (Fsp3) is 0.452. The van der Waals surface area contributed by atoms with Gasteiger partial charge in [-0.05, 0) is 55.2 Å². The van der Waals surface area contributed by atoms with Crippen LogP contribution in [0, 0.1) is 0 Å². The van der Waals surface area contributed by atoms with Crippen molar-refractivity contribution >= 4 is 17.7 Å². The third kappa shape index (κ3) is 8.19. The van der Waals surface area contributed by atoms with Crippen molar-refractivity contribution in [2.45, 2.75) is 69.3 Å². The smallest absolute Gasteiger partial charge is 0.416 e. The molecule has 0 saturated carbocycles. The Morgan fingerprint density at radius 3 is 2.14 bits per heavy atom. The summed E-state index contributed by atoms with van der Waals surface area (Å²) in [4.78, 5) is 39.0. The molecular formula is C31H34F6N6O6. The van der Waals surface area contributed by atoms with Gasteiger partial charge in [-0.3, -0.25) is 16.0 Å². The van der Waals surface area contributed by atoms with Crippen LogP contribution >= 0.6 is 0 Å². The molecule has 0 spiro atoms. The van der Waals surface area contributed by atoms with Gasteiger partial charge in [0, 0.05) is 38.0 Å². The van der Waals surface area contributed by atoms with Gasteiger partial charge in [0.1, 0.15) is 5.82 Å². The highest BCUT2D eigenvalue weighted by molar-refractivity contribution is 5.90. The van der Waals surface area contributed by atoms with Crippen LogP contribution in [0.2, 0.25) is 0 Å². The molecule has 4 N–H and O–H groups in total. The number of nitrogens with zero attached hydrogens (tertiary/aromatic N) is 4. The number of anilines is 1. The molecule has 1 aliphatic rings. The summed E-state index contributed by atoms with van der Waals surface area (Å²) >= 11 is 0. The number of carboxylic acid groups (broad SMARTS) is 1. The van der Waals surface area contributed by atoms with Gasteiger partial charge in [-0.1, -0.05) is 6.92 Å². The highest BCUT2D eigenvalue weighted by Crippen LogP contribution is 2.42. The average Bonchev–Trinajstić information content (AvgIpc) is 3.05. The highest BCUT2D eigenvalue weighted by Gasteiger charge is 2.41. The van der Waals surface area contributed by atoms with Crippen LogP contribution in [-0.4, -0.2) is 64.7 Å². The standard InChI is InChI=1S/C31H34F6N6O6/c1-5-20-12-21(25-22(7-8-23(42-25)47-3)43(20)28(46)49-6-2)41-24(17-9-18(30(32,33)34)11-19(10-17)31(35,36)37)26-39-14-16(15-40-26)13-29(38,48-4)27(44)45/h7-11,14-15,20-21,24,41H,5-6,12-13,38H2,1-4H3,(H,44,45)/t20-,21+,24?,29?/m1/s1. The van der Waals surface area contributed by atoms with Gasteiger partial charge in [0.2, 0.25) is 11.6 Å². The number of alkyl halides is 6. The first kappa shape index (κ1) is 37.3. The van der Waals surface area contributed by atoms with Crippen LogP contribution in [0.5, 0.6) is 5.88 Å². The topological polar surface area (TPSA) is 162 Å². The van der Waals surface area contributed by atoms with Crippen LogP contribution in [0.4, 0.5) is 36.8 Å². The molecule has 0 saturated heterocycles. The Balaban J connectivity index is 1.90. The molecule has 2 unspecified atom stereocenters. The van der Waals surface area contributed by atoms with Gasteiger partial charge in [0.15, 0.2) is 0 Å². The minimum Gasteiger partial charge on any atom is -0.481 e. The largest absolute Gasteiger partial charge is 0.481 e. The summed E-state index contributed by atoms with van der Waals surface area (Å²) in [5, 5.41) is 12.6. The quantitative estimate of drug-likeness (QED) is 0.173. The van der Waals surface area contributed by atoms with Crippen LogP contribution in [0.1, 0.15) is 72.5 Å². The number of carboxylic acids is 1. The first-order valence-electron chi connectivity index (χ1n) is 14.9. The van der Waals surface area contributed by atoms with E-state index in [4.69, 9.17) is 19.9 Å². The Bertz CT molecular complexity index is 1630. The zero-order chi connectivity index (χ0) is 36.3. The van der Waals surface area contributed by atoms with Crippen LogP contribution in [-0.2, 0) is 33.0 Å². The number of halogens is 6. The van der Waals surface area contributed by atoms with Crippen molar-refractivity contribution in [1.29, 1.82) is 0 Å². The lowest BCUT2D eigenvalue weighted by atomic mass is 9.91. The molecule has 0 fully saturated rings. The second-order valence-corrected chi connectivity index (χ2v) is 11.1. The molecule has 4 atom stereocenters. The van der Waals surface area contributed by atoms with E-state index in [-0.39, 0.29) is 47.7 Å². The van der Waals surface area contributed by atoms with Gasteiger partial charge >= 0.3 is 24.4 Å². The average molecular weight is 701 g/mol.